The number of hydrogen-bond acceptors (Lipinski definition) is 4. The summed E-state index contributed by atoms with van der Waals surface area (Å²) < 4.78 is 4.59. The maximum Gasteiger partial charge on any atom is 0.308 e. The first-order valence-corrected chi connectivity index (χ1v) is 4.61. The first-order valence-electron chi connectivity index (χ1n) is 3.62. The van der Waals surface area contributed by atoms with Crippen LogP contribution in [0.2, 0.25) is 0 Å². The molecule has 1 aliphatic heterocycles. The van der Waals surface area contributed by atoms with Gasteiger partial charge in [0.15, 0.2) is 0 Å². The molecule has 1 aliphatic rings. The number of thioether (sulfide) groups is 1. The monoisotopic (exact) mass is 175 g/mol. The maximum absolute atomic E-state index is 10.9. The molecule has 3 nitrogen and oxygen atoms in total. The zero-order valence-corrected chi connectivity index (χ0v) is 7.66. The Bertz CT molecular complexity index is 155. The first kappa shape index (κ1) is 8.87. The molecule has 0 spiro atoms. The summed E-state index contributed by atoms with van der Waals surface area (Å²) in [5.41, 5.74) is 0. The lowest BCUT2D eigenvalue weighted by atomic mass is 10.2. The van der Waals surface area contributed by atoms with E-state index < -0.39 is 0 Å². The van der Waals surface area contributed by atoms with E-state index >= 15 is 0 Å². The van der Waals surface area contributed by atoms with Crippen LogP contribution in [0.4, 0.5) is 0 Å². The highest BCUT2D eigenvalue weighted by Crippen LogP contribution is 2.29. The lowest BCUT2D eigenvalue weighted by Gasteiger charge is -2.21. The van der Waals surface area contributed by atoms with Crippen LogP contribution in [-0.2, 0) is 9.53 Å². The van der Waals surface area contributed by atoms with E-state index in [2.05, 4.69) is 10.1 Å². The van der Waals surface area contributed by atoms with Gasteiger partial charge in [0.1, 0.15) is 0 Å². The summed E-state index contributed by atoms with van der Waals surface area (Å²) in [6.45, 7) is 3.01. The van der Waals surface area contributed by atoms with Crippen molar-refractivity contribution in [1.29, 1.82) is 0 Å². The Kier molecular flexibility index (Phi) is 2.78. The highest BCUT2D eigenvalue weighted by molar-refractivity contribution is 8.00. The van der Waals surface area contributed by atoms with Crippen LogP contribution in [0.3, 0.4) is 0 Å². The van der Waals surface area contributed by atoms with Gasteiger partial charge in [0.25, 0.3) is 0 Å². The fraction of sp³-hybridized carbons (Fsp3) is 0.857. The van der Waals surface area contributed by atoms with Gasteiger partial charge in [-0.05, 0) is 6.92 Å². The number of carbonyl (C=O) groups is 1. The number of methoxy groups -OCH3 is 1. The molecule has 0 aliphatic carbocycles. The molecule has 11 heavy (non-hydrogen) atoms. The summed E-state index contributed by atoms with van der Waals surface area (Å²) in [6.07, 6.45) is 0.453. The molecule has 0 amide bonds. The van der Waals surface area contributed by atoms with Crippen LogP contribution < -0.4 is 5.32 Å². The van der Waals surface area contributed by atoms with Crippen molar-refractivity contribution in [1.82, 2.24) is 5.32 Å². The molecular weight excluding hydrogens is 162 g/mol. The number of nitrogens with one attached hydrogen (secondary N) is 1. The summed E-state index contributed by atoms with van der Waals surface area (Å²) in [5.74, 6) is 0.933. The fourth-order valence-corrected chi connectivity index (χ4v) is 2.18. The molecule has 1 fully saturated rings. The predicted octanol–water partition coefficient (Wildman–Crippen LogP) is 0.602. The second-order valence-corrected chi connectivity index (χ2v) is 4.36. The molecule has 1 unspecified atom stereocenters. The molecule has 1 heterocycles. The van der Waals surface area contributed by atoms with Crippen molar-refractivity contribution < 1.29 is 9.53 Å². The highest BCUT2D eigenvalue weighted by Gasteiger charge is 2.31. The van der Waals surface area contributed by atoms with Crippen molar-refractivity contribution in [2.45, 2.75) is 18.2 Å². The van der Waals surface area contributed by atoms with Gasteiger partial charge < -0.3 is 10.1 Å². The van der Waals surface area contributed by atoms with Crippen LogP contribution in [0, 0.1) is 0 Å². The standard InChI is InChI=1S/C7H13NO2S/c1-7(5-6(9)10-2)8-3-4-11-7/h8H,3-5H2,1-2H3. The minimum absolute atomic E-state index is 0.0902. The lowest BCUT2D eigenvalue weighted by molar-refractivity contribution is -0.141. The van der Waals surface area contributed by atoms with Gasteiger partial charge in [-0.15, -0.1) is 11.8 Å². The largest absolute Gasteiger partial charge is 0.469 e. The second-order valence-electron chi connectivity index (χ2n) is 2.76. The summed E-state index contributed by atoms with van der Waals surface area (Å²) in [7, 11) is 1.42. The van der Waals surface area contributed by atoms with Crippen LogP contribution in [-0.4, -0.2) is 30.2 Å². The van der Waals surface area contributed by atoms with Crippen molar-refractivity contribution >= 4 is 17.7 Å². The zero-order valence-electron chi connectivity index (χ0n) is 6.85. The van der Waals surface area contributed by atoms with Crippen molar-refractivity contribution in [3.8, 4) is 0 Å². The minimum atomic E-state index is -0.144. The van der Waals surface area contributed by atoms with Gasteiger partial charge in [-0.1, -0.05) is 0 Å². The molecule has 1 saturated heterocycles. The third kappa shape index (κ3) is 2.38. The van der Waals surface area contributed by atoms with Crippen LogP contribution in [0.15, 0.2) is 0 Å². The van der Waals surface area contributed by atoms with Gasteiger partial charge in [0.05, 0.1) is 18.4 Å². The average molecular weight is 175 g/mol. The zero-order chi connectivity index (χ0) is 8.32. The van der Waals surface area contributed by atoms with Crippen molar-refractivity contribution in [2.75, 3.05) is 19.4 Å². The molecule has 4 heteroatoms. The summed E-state index contributed by atoms with van der Waals surface area (Å²) in [6, 6.07) is 0. The third-order valence-corrected chi connectivity index (χ3v) is 3.07. The minimum Gasteiger partial charge on any atom is -0.469 e. The molecule has 64 valence electrons. The maximum atomic E-state index is 10.9. The van der Waals surface area contributed by atoms with Gasteiger partial charge in [0, 0.05) is 12.3 Å². The molecule has 0 aromatic heterocycles. The topological polar surface area (TPSA) is 38.3 Å². The number of esters is 1. The van der Waals surface area contributed by atoms with Crippen molar-refractivity contribution in [3.63, 3.8) is 0 Å². The normalized spacial score (nSPS) is 30.4. The molecule has 0 aromatic rings. The second kappa shape index (κ2) is 3.45. The predicted molar refractivity (Wildman–Crippen MR) is 45.5 cm³/mol. The van der Waals surface area contributed by atoms with Gasteiger partial charge in [-0.3, -0.25) is 4.79 Å². The summed E-state index contributed by atoms with van der Waals surface area (Å²) in [4.78, 5) is 10.8. The first-order chi connectivity index (χ1) is 5.16. The molecular formula is C7H13NO2S. The molecule has 0 radical (unpaired) electrons. The highest BCUT2D eigenvalue weighted by atomic mass is 32.2. The molecule has 0 aromatic carbocycles. The van der Waals surface area contributed by atoms with Crippen LogP contribution in [0.1, 0.15) is 13.3 Å². The third-order valence-electron chi connectivity index (χ3n) is 1.73. The van der Waals surface area contributed by atoms with E-state index in [1.54, 1.807) is 11.8 Å². The van der Waals surface area contributed by atoms with Crippen LogP contribution in [0.5, 0.6) is 0 Å². The smallest absolute Gasteiger partial charge is 0.308 e. The van der Waals surface area contributed by atoms with Crippen molar-refractivity contribution in [2.24, 2.45) is 0 Å². The number of ether oxygens (including phenoxy) is 1. The van der Waals surface area contributed by atoms with E-state index in [4.69, 9.17) is 0 Å². The number of carbonyl (C=O) groups excluding carboxylic acids is 1. The SMILES string of the molecule is COC(=O)CC1(C)NCCS1. The van der Waals surface area contributed by atoms with E-state index in [9.17, 15) is 4.79 Å². The number of hydrogen-bond donors (Lipinski definition) is 1. The average Bonchev–Trinajstić information content (AvgIpc) is 2.36. The molecule has 0 saturated carbocycles. The Morgan fingerprint density at radius 2 is 2.55 bits per heavy atom. The number of rotatable bonds is 2. The molecule has 1 atom stereocenters. The van der Waals surface area contributed by atoms with Crippen LogP contribution >= 0.6 is 11.8 Å². The van der Waals surface area contributed by atoms with E-state index in [1.807, 2.05) is 6.92 Å². The van der Waals surface area contributed by atoms with E-state index in [1.165, 1.54) is 7.11 Å². The van der Waals surface area contributed by atoms with Crippen molar-refractivity contribution in [3.05, 3.63) is 0 Å². The fourth-order valence-electron chi connectivity index (χ4n) is 1.10. The Labute approximate surface area is 70.9 Å². The summed E-state index contributed by atoms with van der Waals surface area (Å²) >= 11 is 1.78. The van der Waals surface area contributed by atoms with E-state index in [0.717, 1.165) is 12.3 Å². The molecule has 0 bridgehead atoms. The lowest BCUT2D eigenvalue weighted by Crippen LogP contribution is -2.36. The Balaban J connectivity index is 2.39. The quantitative estimate of drug-likeness (QED) is 0.624. The Hall–Kier alpha value is -0.220. The van der Waals surface area contributed by atoms with Gasteiger partial charge in [-0.2, -0.15) is 0 Å². The van der Waals surface area contributed by atoms with Gasteiger partial charge in [0.2, 0.25) is 0 Å². The van der Waals surface area contributed by atoms with Gasteiger partial charge >= 0.3 is 5.97 Å². The van der Waals surface area contributed by atoms with Gasteiger partial charge in [-0.25, -0.2) is 0 Å². The Morgan fingerprint density at radius 3 is 3.00 bits per heavy atom. The van der Waals surface area contributed by atoms with E-state index in [-0.39, 0.29) is 10.8 Å². The van der Waals surface area contributed by atoms with E-state index in [0.29, 0.717) is 6.42 Å². The summed E-state index contributed by atoms with van der Waals surface area (Å²) in [5, 5.41) is 3.26. The molecule has 1 N–H and O–H groups in total. The molecule has 1 rings (SSSR count). The Morgan fingerprint density at radius 1 is 1.82 bits per heavy atom. The van der Waals surface area contributed by atoms with Crippen LogP contribution in [0.25, 0.3) is 0 Å².